The van der Waals surface area contributed by atoms with Gasteiger partial charge in [-0.05, 0) is 27.2 Å². The Morgan fingerprint density at radius 3 is 2.31 bits per heavy atom. The molecule has 16 heavy (non-hydrogen) atoms. The van der Waals surface area contributed by atoms with Crippen LogP contribution in [-0.4, -0.2) is 40.7 Å². The average molecular weight is 247 g/mol. The highest BCUT2D eigenvalue weighted by molar-refractivity contribution is 6.59. The number of nitrogens with zero attached hydrogens (tertiary/aromatic N) is 1. The van der Waals surface area contributed by atoms with Crippen molar-refractivity contribution in [3.05, 3.63) is 0 Å². The molecule has 1 atom stereocenters. The molecule has 5 nitrogen and oxygen atoms in total. The van der Waals surface area contributed by atoms with E-state index in [-0.39, 0.29) is 6.10 Å². The highest BCUT2D eigenvalue weighted by Gasteiger charge is 2.35. The Balaban J connectivity index is 4.10. The Morgan fingerprint density at radius 1 is 1.31 bits per heavy atom. The zero-order valence-corrected chi connectivity index (χ0v) is 11.5. The molecular weight excluding hydrogens is 226 g/mol. The minimum Gasteiger partial charge on any atom is -0.374 e. The van der Waals surface area contributed by atoms with Gasteiger partial charge in [-0.3, -0.25) is 0 Å². The summed E-state index contributed by atoms with van der Waals surface area (Å²) in [5.74, 6) is 0. The van der Waals surface area contributed by atoms with Crippen LogP contribution in [0.15, 0.2) is 4.99 Å². The minimum atomic E-state index is -2.51. The van der Waals surface area contributed by atoms with Gasteiger partial charge in [0.15, 0.2) is 0 Å². The van der Waals surface area contributed by atoms with Gasteiger partial charge in [0, 0.05) is 25.9 Å². The lowest BCUT2D eigenvalue weighted by molar-refractivity contribution is 0.0425. The second-order valence-electron chi connectivity index (χ2n) is 3.42. The lowest BCUT2D eigenvalue weighted by Crippen LogP contribution is -2.45. The number of isocyanates is 1. The Hall–Kier alpha value is -0.523. The SMILES string of the molecule is CCO[Si](C)(OCC)OC(C)CCN=C=O. The second kappa shape index (κ2) is 8.61. The van der Waals surface area contributed by atoms with Gasteiger partial charge < -0.3 is 13.3 Å². The van der Waals surface area contributed by atoms with Crippen LogP contribution < -0.4 is 0 Å². The number of carbonyl (C=O) groups excluding carboxylic acids is 1. The van der Waals surface area contributed by atoms with Crippen LogP contribution in [0.5, 0.6) is 0 Å². The molecule has 94 valence electrons. The highest BCUT2D eigenvalue weighted by Crippen LogP contribution is 2.13. The van der Waals surface area contributed by atoms with Crippen molar-refractivity contribution in [2.45, 2.75) is 39.8 Å². The topological polar surface area (TPSA) is 57.1 Å². The Bertz CT molecular complexity index is 225. The summed E-state index contributed by atoms with van der Waals surface area (Å²) in [5, 5.41) is 0. The molecule has 0 aliphatic heterocycles. The molecule has 0 fully saturated rings. The molecule has 0 aliphatic carbocycles. The lowest BCUT2D eigenvalue weighted by atomic mass is 10.3. The largest absolute Gasteiger partial charge is 0.497 e. The van der Waals surface area contributed by atoms with Gasteiger partial charge in [0.1, 0.15) is 0 Å². The highest BCUT2D eigenvalue weighted by atomic mass is 28.4. The maximum Gasteiger partial charge on any atom is 0.497 e. The zero-order chi connectivity index (χ0) is 12.4. The van der Waals surface area contributed by atoms with Crippen molar-refractivity contribution in [1.82, 2.24) is 0 Å². The fourth-order valence-corrected chi connectivity index (χ4v) is 3.47. The minimum absolute atomic E-state index is 0.0353. The van der Waals surface area contributed by atoms with Crippen molar-refractivity contribution in [2.75, 3.05) is 19.8 Å². The molecule has 6 heteroatoms. The first-order valence-corrected chi connectivity index (χ1v) is 7.79. The summed E-state index contributed by atoms with van der Waals surface area (Å²) >= 11 is 0. The van der Waals surface area contributed by atoms with E-state index >= 15 is 0 Å². The van der Waals surface area contributed by atoms with Crippen LogP contribution >= 0.6 is 0 Å². The smallest absolute Gasteiger partial charge is 0.374 e. The normalized spacial score (nSPS) is 13.2. The molecule has 0 bridgehead atoms. The molecular formula is C10H21NO4Si. The van der Waals surface area contributed by atoms with E-state index in [1.54, 1.807) is 0 Å². The summed E-state index contributed by atoms with van der Waals surface area (Å²) in [6.07, 6.45) is 2.13. The van der Waals surface area contributed by atoms with E-state index in [0.717, 1.165) is 0 Å². The van der Waals surface area contributed by atoms with Gasteiger partial charge in [0.2, 0.25) is 6.08 Å². The molecule has 0 amide bonds. The molecule has 0 aromatic carbocycles. The van der Waals surface area contributed by atoms with Crippen LogP contribution in [0.4, 0.5) is 0 Å². The molecule has 0 radical (unpaired) electrons. The third-order valence-electron chi connectivity index (χ3n) is 1.94. The summed E-state index contributed by atoms with van der Waals surface area (Å²) < 4.78 is 16.8. The summed E-state index contributed by atoms with van der Waals surface area (Å²) in [6.45, 7) is 9.18. The molecule has 0 saturated heterocycles. The van der Waals surface area contributed by atoms with E-state index in [0.29, 0.717) is 26.2 Å². The third kappa shape index (κ3) is 6.87. The van der Waals surface area contributed by atoms with Crippen molar-refractivity contribution in [1.29, 1.82) is 0 Å². The molecule has 0 rings (SSSR count). The van der Waals surface area contributed by atoms with Crippen molar-refractivity contribution < 1.29 is 18.1 Å². The van der Waals surface area contributed by atoms with Gasteiger partial charge in [-0.25, -0.2) is 9.79 Å². The lowest BCUT2D eigenvalue weighted by Gasteiger charge is -2.28. The maximum absolute atomic E-state index is 9.90. The van der Waals surface area contributed by atoms with E-state index in [4.69, 9.17) is 13.3 Å². The molecule has 0 heterocycles. The third-order valence-corrected chi connectivity index (χ3v) is 4.40. The van der Waals surface area contributed by atoms with E-state index in [1.165, 1.54) is 6.08 Å². The van der Waals surface area contributed by atoms with Gasteiger partial charge in [-0.15, -0.1) is 0 Å². The summed E-state index contributed by atoms with van der Waals surface area (Å²) in [5.41, 5.74) is 0. The van der Waals surface area contributed by atoms with Crippen molar-refractivity contribution in [3.8, 4) is 0 Å². The van der Waals surface area contributed by atoms with Crippen LogP contribution in [0, 0.1) is 0 Å². The first-order chi connectivity index (χ1) is 7.58. The van der Waals surface area contributed by atoms with Crippen molar-refractivity contribution in [3.63, 3.8) is 0 Å². The van der Waals surface area contributed by atoms with Crippen LogP contribution in [0.25, 0.3) is 0 Å². The Morgan fingerprint density at radius 2 is 1.88 bits per heavy atom. The first kappa shape index (κ1) is 15.5. The van der Waals surface area contributed by atoms with Gasteiger partial charge >= 0.3 is 8.80 Å². The molecule has 0 aromatic heterocycles. The van der Waals surface area contributed by atoms with Gasteiger partial charge in [-0.1, -0.05) is 0 Å². The van der Waals surface area contributed by atoms with E-state index < -0.39 is 8.80 Å². The fraction of sp³-hybridized carbons (Fsp3) is 0.900. The van der Waals surface area contributed by atoms with Crippen LogP contribution in [-0.2, 0) is 18.1 Å². The van der Waals surface area contributed by atoms with Crippen LogP contribution in [0.3, 0.4) is 0 Å². The first-order valence-electron chi connectivity index (χ1n) is 5.57. The monoisotopic (exact) mass is 247 g/mol. The van der Waals surface area contributed by atoms with E-state index in [2.05, 4.69) is 4.99 Å². The number of rotatable bonds is 9. The predicted molar refractivity (Wildman–Crippen MR) is 63.0 cm³/mol. The summed E-state index contributed by atoms with van der Waals surface area (Å²) in [6, 6.07) is 0. The molecule has 0 aromatic rings. The Kier molecular flexibility index (Phi) is 8.33. The number of hydrogen-bond donors (Lipinski definition) is 0. The fourth-order valence-electron chi connectivity index (χ4n) is 1.35. The van der Waals surface area contributed by atoms with Crippen molar-refractivity contribution >= 4 is 14.9 Å². The molecule has 0 spiro atoms. The zero-order valence-electron chi connectivity index (χ0n) is 10.5. The van der Waals surface area contributed by atoms with Crippen LogP contribution in [0.2, 0.25) is 6.55 Å². The quantitative estimate of drug-likeness (QED) is 0.354. The standard InChI is InChI=1S/C10H21NO4Si/c1-5-13-16(4,14-6-2)15-10(3)7-8-11-9-12/h10H,5-8H2,1-4H3. The van der Waals surface area contributed by atoms with Crippen molar-refractivity contribution in [2.24, 2.45) is 4.99 Å². The predicted octanol–water partition coefficient (Wildman–Crippen LogP) is 1.76. The molecule has 0 N–H and O–H groups in total. The number of aliphatic imine (C=N–C) groups is 1. The van der Waals surface area contributed by atoms with E-state index in [1.807, 2.05) is 27.3 Å². The number of hydrogen-bond acceptors (Lipinski definition) is 5. The maximum atomic E-state index is 9.90. The molecule has 1 unspecified atom stereocenters. The second-order valence-corrected chi connectivity index (χ2v) is 5.96. The van der Waals surface area contributed by atoms with E-state index in [9.17, 15) is 4.79 Å². The average Bonchev–Trinajstić information content (AvgIpc) is 2.18. The summed E-state index contributed by atoms with van der Waals surface area (Å²) in [4.78, 5) is 13.4. The Labute approximate surface area is 98.2 Å². The van der Waals surface area contributed by atoms with Gasteiger partial charge in [0.25, 0.3) is 0 Å². The van der Waals surface area contributed by atoms with Gasteiger partial charge in [-0.2, -0.15) is 0 Å². The van der Waals surface area contributed by atoms with Gasteiger partial charge in [0.05, 0.1) is 6.54 Å². The summed E-state index contributed by atoms with van der Waals surface area (Å²) in [7, 11) is -2.51. The molecule has 0 aliphatic rings. The van der Waals surface area contributed by atoms with Crippen LogP contribution in [0.1, 0.15) is 27.2 Å². The molecule has 0 saturated carbocycles.